The fourth-order valence-corrected chi connectivity index (χ4v) is 3.08. The number of ether oxygens (including phenoxy) is 1. The highest BCUT2D eigenvalue weighted by atomic mass is 35.5. The molecule has 3 rings (SSSR count). The lowest BCUT2D eigenvalue weighted by atomic mass is 10.0. The van der Waals surface area contributed by atoms with Gasteiger partial charge in [0.15, 0.2) is 17.2 Å². The van der Waals surface area contributed by atoms with E-state index in [2.05, 4.69) is 4.98 Å². The van der Waals surface area contributed by atoms with Crippen LogP contribution in [-0.4, -0.2) is 34.2 Å². The first kappa shape index (κ1) is 15.9. The number of aromatic hydroxyl groups is 1. The number of carbonyl (C=O) groups is 1. The number of oxazole rings is 1. The molecule has 0 saturated carbocycles. The standard InChI is InChI=1S/C16H19ClN2O4/c1-8-18-13-12-9(6-17)7-19(15(21)23-16(2,3)4)10(12)5-11(20)14(13)22-8/h5,9,20H,6-7H2,1-4H3. The summed E-state index contributed by atoms with van der Waals surface area (Å²) in [6.07, 6.45) is -0.467. The number of carbonyl (C=O) groups excluding carboxylic acids is 1. The highest BCUT2D eigenvalue weighted by Crippen LogP contribution is 2.45. The van der Waals surface area contributed by atoms with Crippen LogP contribution in [0.3, 0.4) is 0 Å². The Morgan fingerprint density at radius 2 is 2.26 bits per heavy atom. The Morgan fingerprint density at radius 3 is 2.87 bits per heavy atom. The summed E-state index contributed by atoms with van der Waals surface area (Å²) in [4.78, 5) is 18.3. The number of phenolic OH excluding ortho intramolecular Hbond substituents is 1. The van der Waals surface area contributed by atoms with Gasteiger partial charge in [0, 0.05) is 36.9 Å². The zero-order valence-electron chi connectivity index (χ0n) is 13.5. The van der Waals surface area contributed by atoms with Crippen molar-refractivity contribution in [1.29, 1.82) is 0 Å². The Hall–Kier alpha value is -1.95. The highest BCUT2D eigenvalue weighted by Gasteiger charge is 2.38. The van der Waals surface area contributed by atoms with Gasteiger partial charge in [0.05, 0.1) is 5.69 Å². The Kier molecular flexibility index (Phi) is 3.67. The van der Waals surface area contributed by atoms with Gasteiger partial charge in [0.2, 0.25) is 0 Å². The van der Waals surface area contributed by atoms with Crippen molar-refractivity contribution in [3.63, 3.8) is 0 Å². The first-order valence-corrected chi connectivity index (χ1v) is 7.94. The van der Waals surface area contributed by atoms with Crippen molar-refractivity contribution in [3.8, 4) is 5.75 Å². The second-order valence-corrected chi connectivity index (χ2v) is 6.99. The van der Waals surface area contributed by atoms with Crippen molar-refractivity contribution in [1.82, 2.24) is 4.98 Å². The molecule has 1 aliphatic rings. The number of hydrogen-bond donors (Lipinski definition) is 1. The molecule has 0 radical (unpaired) electrons. The van der Waals surface area contributed by atoms with E-state index in [1.165, 1.54) is 11.0 Å². The molecule has 2 aromatic rings. The van der Waals surface area contributed by atoms with Crippen LogP contribution in [0.5, 0.6) is 5.75 Å². The van der Waals surface area contributed by atoms with Gasteiger partial charge in [-0.25, -0.2) is 9.78 Å². The number of amides is 1. The minimum Gasteiger partial charge on any atom is -0.504 e. The van der Waals surface area contributed by atoms with E-state index in [-0.39, 0.29) is 11.7 Å². The van der Waals surface area contributed by atoms with Crippen LogP contribution in [0.25, 0.3) is 11.1 Å². The normalized spacial score (nSPS) is 17.6. The van der Waals surface area contributed by atoms with Gasteiger partial charge in [0.25, 0.3) is 0 Å². The number of aryl methyl sites for hydroxylation is 1. The molecular formula is C16H19ClN2O4. The van der Waals surface area contributed by atoms with Crippen molar-refractivity contribution in [2.24, 2.45) is 0 Å². The van der Waals surface area contributed by atoms with E-state index in [0.29, 0.717) is 35.1 Å². The van der Waals surface area contributed by atoms with Crippen molar-refractivity contribution in [2.45, 2.75) is 39.2 Å². The average molecular weight is 339 g/mol. The molecule has 1 amide bonds. The lowest BCUT2D eigenvalue weighted by molar-refractivity contribution is 0.0582. The minimum atomic E-state index is -0.604. The largest absolute Gasteiger partial charge is 0.504 e. The third kappa shape index (κ3) is 2.72. The van der Waals surface area contributed by atoms with Crippen LogP contribution < -0.4 is 4.90 Å². The van der Waals surface area contributed by atoms with Gasteiger partial charge in [0.1, 0.15) is 11.1 Å². The molecule has 0 spiro atoms. The summed E-state index contributed by atoms with van der Waals surface area (Å²) >= 11 is 6.09. The lowest BCUT2D eigenvalue weighted by Crippen LogP contribution is -2.36. The molecule has 23 heavy (non-hydrogen) atoms. The van der Waals surface area contributed by atoms with Crippen LogP contribution >= 0.6 is 11.6 Å². The second kappa shape index (κ2) is 5.30. The smallest absolute Gasteiger partial charge is 0.414 e. The molecule has 0 bridgehead atoms. The number of aromatic nitrogens is 1. The monoisotopic (exact) mass is 338 g/mol. The Labute approximate surface area is 139 Å². The van der Waals surface area contributed by atoms with E-state index >= 15 is 0 Å². The molecule has 1 atom stereocenters. The van der Waals surface area contributed by atoms with Gasteiger partial charge >= 0.3 is 6.09 Å². The molecule has 1 unspecified atom stereocenters. The van der Waals surface area contributed by atoms with E-state index < -0.39 is 11.7 Å². The molecule has 1 aliphatic heterocycles. The van der Waals surface area contributed by atoms with Crippen LogP contribution in [-0.2, 0) is 4.74 Å². The molecule has 2 heterocycles. The van der Waals surface area contributed by atoms with E-state index in [1.54, 1.807) is 6.92 Å². The molecule has 0 saturated heterocycles. The molecule has 7 heteroatoms. The van der Waals surface area contributed by atoms with Gasteiger partial charge in [-0.15, -0.1) is 11.6 Å². The molecular weight excluding hydrogens is 320 g/mol. The van der Waals surface area contributed by atoms with Gasteiger partial charge < -0.3 is 14.3 Å². The van der Waals surface area contributed by atoms with Crippen molar-refractivity contribution < 1.29 is 19.1 Å². The first-order valence-electron chi connectivity index (χ1n) is 7.40. The summed E-state index contributed by atoms with van der Waals surface area (Å²) in [5, 5.41) is 10.2. The molecule has 0 fully saturated rings. The molecule has 124 valence electrons. The summed E-state index contributed by atoms with van der Waals surface area (Å²) in [5.74, 6) is 0.639. The third-order valence-electron chi connectivity index (χ3n) is 3.67. The number of rotatable bonds is 1. The first-order chi connectivity index (χ1) is 10.7. The number of anilines is 1. The van der Waals surface area contributed by atoms with Crippen molar-refractivity contribution >= 4 is 34.5 Å². The number of hydrogen-bond acceptors (Lipinski definition) is 5. The predicted octanol–water partition coefficient (Wildman–Crippen LogP) is 3.92. The molecule has 1 N–H and O–H groups in total. The van der Waals surface area contributed by atoms with Gasteiger partial charge in [-0.3, -0.25) is 4.90 Å². The van der Waals surface area contributed by atoms with E-state index in [0.717, 1.165) is 5.56 Å². The third-order valence-corrected chi connectivity index (χ3v) is 4.05. The van der Waals surface area contributed by atoms with Crippen LogP contribution in [0.15, 0.2) is 10.5 Å². The number of halogens is 1. The summed E-state index contributed by atoms with van der Waals surface area (Å²) in [5.41, 5.74) is 1.66. The van der Waals surface area contributed by atoms with Crippen LogP contribution in [0.4, 0.5) is 10.5 Å². The molecule has 1 aromatic carbocycles. The Bertz CT molecular complexity index is 778. The van der Waals surface area contributed by atoms with Crippen LogP contribution in [0.1, 0.15) is 38.1 Å². The average Bonchev–Trinajstić information content (AvgIpc) is 2.97. The SMILES string of the molecule is Cc1nc2c3c(cc(O)c2o1)N(C(=O)OC(C)(C)C)CC3CCl. The summed E-state index contributed by atoms with van der Waals surface area (Å²) in [6.45, 7) is 7.52. The maximum atomic E-state index is 12.5. The van der Waals surface area contributed by atoms with E-state index in [9.17, 15) is 9.90 Å². The maximum absolute atomic E-state index is 12.5. The maximum Gasteiger partial charge on any atom is 0.414 e. The summed E-state index contributed by atoms with van der Waals surface area (Å²) in [6, 6.07) is 1.51. The van der Waals surface area contributed by atoms with Gasteiger partial charge in [-0.2, -0.15) is 0 Å². The zero-order valence-corrected chi connectivity index (χ0v) is 14.3. The Balaban J connectivity index is 2.12. The van der Waals surface area contributed by atoms with E-state index in [1.807, 2.05) is 20.8 Å². The van der Waals surface area contributed by atoms with E-state index in [4.69, 9.17) is 20.8 Å². The Morgan fingerprint density at radius 1 is 1.57 bits per heavy atom. The lowest BCUT2D eigenvalue weighted by Gasteiger charge is -2.25. The number of nitrogens with zero attached hydrogens (tertiary/aromatic N) is 2. The fourth-order valence-electron chi connectivity index (χ4n) is 2.83. The predicted molar refractivity (Wildman–Crippen MR) is 87.5 cm³/mol. The summed E-state index contributed by atoms with van der Waals surface area (Å²) in [7, 11) is 0. The minimum absolute atomic E-state index is 0.0527. The molecule has 0 aliphatic carbocycles. The van der Waals surface area contributed by atoms with Gasteiger partial charge in [-0.05, 0) is 20.8 Å². The van der Waals surface area contributed by atoms with Crippen molar-refractivity contribution in [2.75, 3.05) is 17.3 Å². The summed E-state index contributed by atoms with van der Waals surface area (Å²) < 4.78 is 10.9. The van der Waals surface area contributed by atoms with Gasteiger partial charge in [-0.1, -0.05) is 0 Å². The quantitative estimate of drug-likeness (QED) is 0.797. The number of fused-ring (bicyclic) bond motifs is 3. The van der Waals surface area contributed by atoms with Crippen LogP contribution in [0.2, 0.25) is 0 Å². The number of benzene rings is 1. The topological polar surface area (TPSA) is 75.8 Å². The number of phenols is 1. The second-order valence-electron chi connectivity index (χ2n) is 6.68. The number of alkyl halides is 1. The highest BCUT2D eigenvalue weighted by molar-refractivity contribution is 6.19. The van der Waals surface area contributed by atoms with Crippen molar-refractivity contribution in [3.05, 3.63) is 17.5 Å². The molecule has 1 aromatic heterocycles. The zero-order chi connectivity index (χ0) is 16.9. The molecule has 6 nitrogen and oxygen atoms in total. The fraction of sp³-hybridized carbons (Fsp3) is 0.500. The van der Waals surface area contributed by atoms with Crippen LogP contribution in [0, 0.1) is 6.92 Å².